The van der Waals surface area contributed by atoms with Crippen LogP contribution in [0.5, 0.6) is 0 Å². The van der Waals surface area contributed by atoms with E-state index < -0.39 is 6.10 Å². The maximum Gasteiger partial charge on any atom is 0.0853 e. The Morgan fingerprint density at radius 2 is 2.00 bits per heavy atom. The summed E-state index contributed by atoms with van der Waals surface area (Å²) in [6, 6.07) is 10.1. The van der Waals surface area contributed by atoms with Gasteiger partial charge in [0, 0.05) is 6.04 Å². The van der Waals surface area contributed by atoms with Crippen molar-refractivity contribution >= 4 is 0 Å². The third kappa shape index (κ3) is 2.78. The van der Waals surface area contributed by atoms with Crippen LogP contribution in [0.4, 0.5) is 0 Å². The zero-order valence-electron chi connectivity index (χ0n) is 8.67. The van der Waals surface area contributed by atoms with Crippen molar-refractivity contribution in [3.63, 3.8) is 0 Å². The smallest absolute Gasteiger partial charge is 0.0853 e. The fraction of sp³-hybridized carbons (Fsp3) is 0.500. The average molecular weight is 207 g/mol. The fourth-order valence-corrected chi connectivity index (χ4v) is 1.97. The average Bonchev–Trinajstić information content (AvgIpc) is 2.56. The highest BCUT2D eigenvalue weighted by Gasteiger charge is 2.31. The number of aliphatic hydroxyl groups is 1. The first-order valence-corrected chi connectivity index (χ1v) is 5.35. The van der Waals surface area contributed by atoms with Crippen molar-refractivity contribution in [1.29, 1.82) is 0 Å². The summed E-state index contributed by atoms with van der Waals surface area (Å²) in [5.74, 6) is 0. The summed E-state index contributed by atoms with van der Waals surface area (Å²) in [7, 11) is 0. The first-order valence-electron chi connectivity index (χ1n) is 5.35. The predicted molar refractivity (Wildman–Crippen MR) is 58.2 cm³/mol. The van der Waals surface area contributed by atoms with Crippen LogP contribution in [-0.4, -0.2) is 23.4 Å². The fourth-order valence-electron chi connectivity index (χ4n) is 1.97. The third-order valence-corrected chi connectivity index (χ3v) is 2.82. The second-order valence-electron chi connectivity index (χ2n) is 4.13. The molecule has 2 rings (SSSR count). The topological polar surface area (TPSA) is 55.5 Å². The van der Waals surface area contributed by atoms with E-state index in [-0.39, 0.29) is 12.1 Å². The summed E-state index contributed by atoms with van der Waals surface area (Å²) >= 11 is 0. The van der Waals surface area contributed by atoms with E-state index in [9.17, 15) is 5.11 Å². The third-order valence-electron chi connectivity index (χ3n) is 2.82. The van der Waals surface area contributed by atoms with E-state index in [0.29, 0.717) is 13.0 Å². The van der Waals surface area contributed by atoms with Gasteiger partial charge in [0.05, 0.1) is 18.8 Å². The van der Waals surface area contributed by atoms with E-state index in [4.69, 9.17) is 10.5 Å². The van der Waals surface area contributed by atoms with E-state index in [1.54, 1.807) is 0 Å². The highest BCUT2D eigenvalue weighted by molar-refractivity contribution is 5.13. The van der Waals surface area contributed by atoms with Crippen LogP contribution in [0.15, 0.2) is 30.3 Å². The van der Waals surface area contributed by atoms with E-state index >= 15 is 0 Å². The quantitative estimate of drug-likeness (QED) is 0.779. The molecule has 1 aliphatic rings. The lowest BCUT2D eigenvalue weighted by atomic mass is 10.2. The zero-order valence-corrected chi connectivity index (χ0v) is 8.67. The van der Waals surface area contributed by atoms with E-state index in [1.807, 2.05) is 30.3 Å². The molecule has 1 aromatic rings. The summed E-state index contributed by atoms with van der Waals surface area (Å²) in [6.07, 6.45) is 0.914. The molecule has 0 aliphatic heterocycles. The molecule has 1 aromatic carbocycles. The predicted octanol–water partition coefficient (Wildman–Crippen LogP) is 1.05. The minimum Gasteiger partial charge on any atom is -0.390 e. The number of nitrogens with two attached hydrogens (primary N) is 1. The molecule has 3 nitrogen and oxygen atoms in total. The molecule has 1 aliphatic carbocycles. The number of rotatable bonds is 3. The van der Waals surface area contributed by atoms with E-state index in [2.05, 4.69) is 0 Å². The van der Waals surface area contributed by atoms with Gasteiger partial charge in [0.15, 0.2) is 0 Å². The van der Waals surface area contributed by atoms with Crippen LogP contribution in [0.3, 0.4) is 0 Å². The Morgan fingerprint density at radius 1 is 1.27 bits per heavy atom. The maximum absolute atomic E-state index is 9.63. The van der Waals surface area contributed by atoms with Crippen LogP contribution in [0.2, 0.25) is 0 Å². The Bertz CT molecular complexity index is 302. The zero-order chi connectivity index (χ0) is 10.7. The van der Waals surface area contributed by atoms with E-state index in [1.165, 1.54) is 0 Å². The summed E-state index contributed by atoms with van der Waals surface area (Å²) in [6.45, 7) is 0.551. The van der Waals surface area contributed by atoms with Gasteiger partial charge >= 0.3 is 0 Å². The molecule has 0 unspecified atom stereocenters. The lowest BCUT2D eigenvalue weighted by Crippen LogP contribution is -2.22. The maximum atomic E-state index is 9.63. The molecule has 1 fully saturated rings. The van der Waals surface area contributed by atoms with E-state index in [0.717, 1.165) is 12.0 Å². The van der Waals surface area contributed by atoms with Gasteiger partial charge in [-0.05, 0) is 18.4 Å². The molecule has 0 spiro atoms. The summed E-state index contributed by atoms with van der Waals surface area (Å²) in [4.78, 5) is 0. The molecule has 0 aromatic heterocycles. The Kier molecular flexibility index (Phi) is 3.36. The molecule has 0 radical (unpaired) electrons. The van der Waals surface area contributed by atoms with Gasteiger partial charge in [-0.3, -0.25) is 0 Å². The van der Waals surface area contributed by atoms with Crippen molar-refractivity contribution < 1.29 is 9.84 Å². The summed E-state index contributed by atoms with van der Waals surface area (Å²) < 4.78 is 5.64. The molecular formula is C12H17NO2. The summed E-state index contributed by atoms with van der Waals surface area (Å²) in [5.41, 5.74) is 6.87. The molecule has 82 valence electrons. The van der Waals surface area contributed by atoms with Gasteiger partial charge in [-0.15, -0.1) is 0 Å². The van der Waals surface area contributed by atoms with Gasteiger partial charge < -0.3 is 15.6 Å². The van der Waals surface area contributed by atoms with Crippen LogP contribution in [0.1, 0.15) is 18.4 Å². The van der Waals surface area contributed by atoms with Gasteiger partial charge in [0.2, 0.25) is 0 Å². The molecule has 15 heavy (non-hydrogen) atoms. The van der Waals surface area contributed by atoms with Crippen LogP contribution in [0, 0.1) is 0 Å². The van der Waals surface area contributed by atoms with Crippen LogP contribution in [0.25, 0.3) is 0 Å². The number of hydrogen-bond donors (Lipinski definition) is 2. The van der Waals surface area contributed by atoms with Crippen molar-refractivity contribution in [1.82, 2.24) is 0 Å². The van der Waals surface area contributed by atoms with Crippen LogP contribution >= 0.6 is 0 Å². The van der Waals surface area contributed by atoms with Crippen LogP contribution in [-0.2, 0) is 11.3 Å². The van der Waals surface area contributed by atoms with Crippen molar-refractivity contribution in [2.24, 2.45) is 5.73 Å². The molecule has 3 heteroatoms. The Balaban J connectivity index is 1.84. The van der Waals surface area contributed by atoms with Gasteiger partial charge in [-0.1, -0.05) is 30.3 Å². The molecule has 0 heterocycles. The van der Waals surface area contributed by atoms with Crippen molar-refractivity contribution in [2.45, 2.75) is 37.7 Å². The highest BCUT2D eigenvalue weighted by atomic mass is 16.5. The molecule has 0 bridgehead atoms. The Morgan fingerprint density at radius 3 is 2.60 bits per heavy atom. The lowest BCUT2D eigenvalue weighted by Gasteiger charge is -2.15. The minimum atomic E-state index is -0.399. The van der Waals surface area contributed by atoms with Gasteiger partial charge in [-0.2, -0.15) is 0 Å². The largest absolute Gasteiger partial charge is 0.390 e. The monoisotopic (exact) mass is 207 g/mol. The van der Waals surface area contributed by atoms with Crippen molar-refractivity contribution in [3.8, 4) is 0 Å². The second kappa shape index (κ2) is 4.75. The molecule has 0 amide bonds. The molecule has 1 saturated carbocycles. The van der Waals surface area contributed by atoms with Crippen molar-refractivity contribution in [3.05, 3.63) is 35.9 Å². The molecule has 3 N–H and O–H groups in total. The first kappa shape index (κ1) is 10.6. The minimum absolute atomic E-state index is 0.0840. The highest BCUT2D eigenvalue weighted by Crippen LogP contribution is 2.22. The Hall–Kier alpha value is -0.900. The van der Waals surface area contributed by atoms with Crippen LogP contribution < -0.4 is 5.73 Å². The summed E-state index contributed by atoms with van der Waals surface area (Å²) in [5, 5.41) is 9.63. The van der Waals surface area contributed by atoms with Gasteiger partial charge in [0.25, 0.3) is 0 Å². The second-order valence-corrected chi connectivity index (χ2v) is 4.13. The van der Waals surface area contributed by atoms with Crippen molar-refractivity contribution in [2.75, 3.05) is 0 Å². The first-order chi connectivity index (χ1) is 7.25. The van der Waals surface area contributed by atoms with Gasteiger partial charge in [0.1, 0.15) is 0 Å². The lowest BCUT2D eigenvalue weighted by molar-refractivity contribution is -0.0273. The number of hydrogen-bond acceptors (Lipinski definition) is 3. The molecule has 0 saturated heterocycles. The molecular weight excluding hydrogens is 190 g/mol. The SMILES string of the molecule is N[C@H]1C[C@H](OCc2ccccc2)[C@@H](O)C1. The number of aliphatic hydroxyl groups excluding tert-OH is 1. The normalized spacial score (nSPS) is 30.7. The number of ether oxygens (including phenoxy) is 1. The standard InChI is InChI=1S/C12H17NO2/c13-10-6-11(14)12(7-10)15-8-9-4-2-1-3-5-9/h1-5,10-12,14H,6-8,13H2/t10-,11+,12+/m1/s1. The molecule has 3 atom stereocenters. The number of benzene rings is 1. The Labute approximate surface area is 89.9 Å². The van der Waals surface area contributed by atoms with Gasteiger partial charge in [-0.25, -0.2) is 0 Å².